The molecule has 4 nitrogen and oxygen atoms in total. The predicted molar refractivity (Wildman–Crippen MR) is 101 cm³/mol. The van der Waals surface area contributed by atoms with Gasteiger partial charge in [0, 0.05) is 29.1 Å². The van der Waals surface area contributed by atoms with Gasteiger partial charge in [-0.15, -0.1) is 0 Å². The zero-order valence-corrected chi connectivity index (χ0v) is 14.6. The number of nitrogens with one attached hydrogen (secondary N) is 1. The number of nitrogens with two attached hydrogens (primary N) is 1. The molecule has 1 heterocycles. The SMILES string of the molecule is C=CCOc1ccc(C[NH2+]CCc2c[nH]c3ccccc23)cc1OC. The molecule has 4 heteroatoms. The molecule has 25 heavy (non-hydrogen) atoms. The molecule has 0 saturated carbocycles. The summed E-state index contributed by atoms with van der Waals surface area (Å²) in [7, 11) is 1.67. The standard InChI is InChI=1S/C21H24N2O2/c1-3-12-25-20-9-8-16(13-21(20)24-2)14-22-11-10-17-15-23-19-7-5-4-6-18(17)19/h3-9,13,15,22-23H,1,10-12,14H2,2H3/p+1. The lowest BCUT2D eigenvalue weighted by Gasteiger charge is -2.10. The summed E-state index contributed by atoms with van der Waals surface area (Å²) < 4.78 is 11.0. The number of benzene rings is 2. The average molecular weight is 337 g/mol. The van der Waals surface area contributed by atoms with Crippen molar-refractivity contribution in [3.63, 3.8) is 0 Å². The fraction of sp³-hybridized carbons (Fsp3) is 0.238. The third-order valence-electron chi connectivity index (χ3n) is 4.26. The number of rotatable bonds is 9. The van der Waals surface area contributed by atoms with E-state index in [9.17, 15) is 0 Å². The van der Waals surface area contributed by atoms with Crippen molar-refractivity contribution in [1.29, 1.82) is 0 Å². The van der Waals surface area contributed by atoms with Gasteiger partial charge in [-0.25, -0.2) is 0 Å². The highest BCUT2D eigenvalue weighted by Crippen LogP contribution is 2.27. The number of aromatic nitrogens is 1. The van der Waals surface area contributed by atoms with Crippen LogP contribution in [0.5, 0.6) is 11.5 Å². The van der Waals surface area contributed by atoms with E-state index < -0.39 is 0 Å². The Balaban J connectivity index is 1.54. The van der Waals surface area contributed by atoms with Crippen LogP contribution in [0.2, 0.25) is 0 Å². The van der Waals surface area contributed by atoms with Gasteiger partial charge >= 0.3 is 0 Å². The van der Waals surface area contributed by atoms with Gasteiger partial charge < -0.3 is 19.8 Å². The monoisotopic (exact) mass is 337 g/mol. The smallest absolute Gasteiger partial charge is 0.161 e. The van der Waals surface area contributed by atoms with Crippen molar-refractivity contribution in [2.24, 2.45) is 0 Å². The summed E-state index contributed by atoms with van der Waals surface area (Å²) in [5.74, 6) is 1.52. The van der Waals surface area contributed by atoms with Gasteiger partial charge in [0.2, 0.25) is 0 Å². The van der Waals surface area contributed by atoms with Gasteiger partial charge in [-0.1, -0.05) is 30.9 Å². The molecule has 0 unspecified atom stereocenters. The molecule has 0 aliphatic rings. The third kappa shape index (κ3) is 4.22. The van der Waals surface area contributed by atoms with Gasteiger partial charge in [-0.3, -0.25) is 0 Å². The van der Waals surface area contributed by atoms with Gasteiger partial charge in [-0.05, 0) is 29.8 Å². The van der Waals surface area contributed by atoms with E-state index in [-0.39, 0.29) is 0 Å². The Hall–Kier alpha value is -2.72. The minimum absolute atomic E-state index is 0.479. The topological polar surface area (TPSA) is 50.9 Å². The number of para-hydroxylation sites is 1. The van der Waals surface area contributed by atoms with Crippen LogP contribution in [0.15, 0.2) is 61.3 Å². The highest BCUT2D eigenvalue weighted by atomic mass is 16.5. The summed E-state index contributed by atoms with van der Waals surface area (Å²) in [6.07, 6.45) is 4.89. The summed E-state index contributed by atoms with van der Waals surface area (Å²) in [4.78, 5) is 3.33. The number of quaternary nitrogens is 1. The molecule has 0 radical (unpaired) electrons. The quantitative estimate of drug-likeness (QED) is 0.466. The van der Waals surface area contributed by atoms with Crippen LogP contribution in [0.4, 0.5) is 0 Å². The fourth-order valence-corrected chi connectivity index (χ4v) is 2.97. The minimum Gasteiger partial charge on any atom is -0.493 e. The van der Waals surface area contributed by atoms with Crippen LogP contribution in [0.3, 0.4) is 0 Å². The maximum absolute atomic E-state index is 5.59. The van der Waals surface area contributed by atoms with Crippen molar-refractivity contribution in [2.45, 2.75) is 13.0 Å². The molecule has 0 saturated heterocycles. The first kappa shape index (κ1) is 17.1. The summed E-state index contributed by atoms with van der Waals surface area (Å²) in [6.45, 7) is 6.10. The van der Waals surface area contributed by atoms with Gasteiger partial charge in [0.25, 0.3) is 0 Å². The number of aromatic amines is 1. The number of H-pyrrole nitrogens is 1. The third-order valence-corrected chi connectivity index (χ3v) is 4.26. The Labute approximate surface area is 148 Å². The highest BCUT2D eigenvalue weighted by Gasteiger charge is 2.07. The van der Waals surface area contributed by atoms with Crippen molar-refractivity contribution in [2.75, 3.05) is 20.3 Å². The minimum atomic E-state index is 0.479. The molecule has 0 spiro atoms. The Bertz CT molecular complexity index is 839. The van der Waals surface area contributed by atoms with Crippen molar-refractivity contribution in [1.82, 2.24) is 4.98 Å². The summed E-state index contributed by atoms with van der Waals surface area (Å²) in [5, 5.41) is 3.64. The normalized spacial score (nSPS) is 10.8. The second kappa shape index (κ2) is 8.40. The number of ether oxygens (including phenoxy) is 2. The lowest BCUT2D eigenvalue weighted by Crippen LogP contribution is -2.83. The van der Waals surface area contributed by atoms with Crippen LogP contribution in [-0.2, 0) is 13.0 Å². The van der Waals surface area contributed by atoms with Gasteiger partial charge in [0.15, 0.2) is 11.5 Å². The maximum atomic E-state index is 5.59. The summed E-state index contributed by atoms with van der Waals surface area (Å²) >= 11 is 0. The lowest BCUT2D eigenvalue weighted by molar-refractivity contribution is -0.670. The predicted octanol–water partition coefficient (Wildman–Crippen LogP) is 3.05. The van der Waals surface area contributed by atoms with Crippen molar-refractivity contribution < 1.29 is 14.8 Å². The lowest BCUT2D eigenvalue weighted by atomic mass is 10.1. The zero-order chi connectivity index (χ0) is 17.5. The van der Waals surface area contributed by atoms with Crippen LogP contribution in [0.25, 0.3) is 10.9 Å². The number of fused-ring (bicyclic) bond motifs is 1. The second-order valence-electron chi connectivity index (χ2n) is 5.98. The molecule has 0 amide bonds. The molecular weight excluding hydrogens is 312 g/mol. The molecule has 3 aromatic rings. The molecule has 1 aromatic heterocycles. The maximum Gasteiger partial charge on any atom is 0.161 e. The first-order valence-corrected chi connectivity index (χ1v) is 8.59. The van der Waals surface area contributed by atoms with Gasteiger partial charge in [0.05, 0.1) is 13.7 Å². The van der Waals surface area contributed by atoms with E-state index in [1.807, 2.05) is 12.1 Å². The van der Waals surface area contributed by atoms with Crippen LogP contribution in [-0.4, -0.2) is 25.2 Å². The van der Waals surface area contributed by atoms with Gasteiger partial charge in [0.1, 0.15) is 13.2 Å². The molecule has 2 aromatic carbocycles. The Kier molecular flexibility index (Phi) is 5.75. The van der Waals surface area contributed by atoms with Crippen molar-refractivity contribution in [3.05, 3.63) is 72.4 Å². The van der Waals surface area contributed by atoms with E-state index in [1.54, 1.807) is 13.2 Å². The molecule has 0 bridgehead atoms. The molecule has 130 valence electrons. The van der Waals surface area contributed by atoms with E-state index in [2.05, 4.69) is 53.4 Å². The largest absolute Gasteiger partial charge is 0.493 e. The fourth-order valence-electron chi connectivity index (χ4n) is 2.97. The number of hydrogen-bond donors (Lipinski definition) is 2. The van der Waals surface area contributed by atoms with Crippen molar-refractivity contribution in [3.8, 4) is 11.5 Å². The Morgan fingerprint density at radius 1 is 1.16 bits per heavy atom. The molecule has 3 N–H and O–H groups in total. The number of methoxy groups -OCH3 is 1. The van der Waals surface area contributed by atoms with Crippen LogP contribution in [0.1, 0.15) is 11.1 Å². The molecule has 0 fully saturated rings. The molecule has 0 atom stereocenters. The van der Waals surface area contributed by atoms with Crippen molar-refractivity contribution >= 4 is 10.9 Å². The molecule has 3 rings (SSSR count). The van der Waals surface area contributed by atoms with Gasteiger partial charge in [-0.2, -0.15) is 0 Å². The summed E-state index contributed by atoms with van der Waals surface area (Å²) in [5.41, 5.74) is 3.80. The first-order chi connectivity index (χ1) is 12.3. The average Bonchev–Trinajstić information content (AvgIpc) is 3.07. The van der Waals surface area contributed by atoms with Crippen LogP contribution in [0, 0.1) is 0 Å². The highest BCUT2D eigenvalue weighted by molar-refractivity contribution is 5.82. The van der Waals surface area contributed by atoms with E-state index in [1.165, 1.54) is 22.0 Å². The van der Waals surface area contributed by atoms with E-state index in [0.29, 0.717) is 6.61 Å². The molecule has 0 aliphatic carbocycles. The summed E-state index contributed by atoms with van der Waals surface area (Å²) in [6, 6.07) is 14.5. The van der Waals surface area contributed by atoms with E-state index in [4.69, 9.17) is 9.47 Å². The van der Waals surface area contributed by atoms with Crippen LogP contribution < -0.4 is 14.8 Å². The Morgan fingerprint density at radius 2 is 2.04 bits per heavy atom. The first-order valence-electron chi connectivity index (χ1n) is 8.59. The second-order valence-corrected chi connectivity index (χ2v) is 5.98. The van der Waals surface area contributed by atoms with E-state index >= 15 is 0 Å². The Morgan fingerprint density at radius 3 is 2.88 bits per heavy atom. The van der Waals surface area contributed by atoms with Crippen LogP contribution >= 0.6 is 0 Å². The molecule has 0 aliphatic heterocycles. The van der Waals surface area contributed by atoms with E-state index in [0.717, 1.165) is 31.0 Å². The number of hydrogen-bond acceptors (Lipinski definition) is 2. The molecular formula is C21H25N2O2+. The zero-order valence-electron chi connectivity index (χ0n) is 14.6.